The van der Waals surface area contributed by atoms with Crippen molar-refractivity contribution in [2.24, 2.45) is 17.8 Å². The molecule has 2 aliphatic rings. The monoisotopic (exact) mass is 688 g/mol. The number of aliphatic hydroxyl groups is 2. The van der Waals surface area contributed by atoms with Gasteiger partial charge in [0.15, 0.2) is 6.10 Å². The minimum atomic E-state index is -1.73. The Hall–Kier alpha value is -3.71. The van der Waals surface area contributed by atoms with E-state index in [0.29, 0.717) is 19.3 Å². The van der Waals surface area contributed by atoms with Gasteiger partial charge in [-0.3, -0.25) is 14.4 Å². The minimum absolute atomic E-state index is 0.116. The van der Waals surface area contributed by atoms with Crippen molar-refractivity contribution in [3.05, 3.63) is 35.9 Å². The van der Waals surface area contributed by atoms with Gasteiger partial charge in [0.2, 0.25) is 11.8 Å². The summed E-state index contributed by atoms with van der Waals surface area (Å²) in [5, 5.41) is 30.1. The lowest BCUT2D eigenvalue weighted by Crippen LogP contribution is -2.59. The first-order valence-corrected chi connectivity index (χ1v) is 17.4. The molecule has 3 rings (SSSR count). The fourth-order valence-corrected chi connectivity index (χ4v) is 6.67. The Morgan fingerprint density at radius 2 is 1.61 bits per heavy atom. The third-order valence-electron chi connectivity index (χ3n) is 8.96. The van der Waals surface area contributed by atoms with Gasteiger partial charge in [0.05, 0.1) is 18.2 Å². The van der Waals surface area contributed by atoms with Crippen molar-refractivity contribution in [3.63, 3.8) is 0 Å². The smallest absolute Gasteiger partial charge is 0.408 e. The van der Waals surface area contributed by atoms with Crippen molar-refractivity contribution in [2.75, 3.05) is 6.54 Å². The summed E-state index contributed by atoms with van der Waals surface area (Å²) < 4.78 is 10.8. The number of carbonyl (C=O) groups is 5. The zero-order valence-corrected chi connectivity index (χ0v) is 30.1. The van der Waals surface area contributed by atoms with E-state index < -0.39 is 77.9 Å². The van der Waals surface area contributed by atoms with Crippen LogP contribution in [-0.2, 0) is 35.1 Å². The lowest BCUT2D eigenvalue weighted by atomic mass is 9.92. The molecule has 13 nitrogen and oxygen atoms in total. The average Bonchev–Trinajstić information content (AvgIpc) is 3.57. The van der Waals surface area contributed by atoms with Crippen LogP contribution in [0.4, 0.5) is 4.79 Å². The molecule has 4 amide bonds. The van der Waals surface area contributed by atoms with Crippen LogP contribution in [0.2, 0.25) is 0 Å². The lowest BCUT2D eigenvalue weighted by Gasteiger charge is -2.33. The van der Waals surface area contributed by atoms with Gasteiger partial charge >= 0.3 is 12.1 Å². The number of carbonyl (C=O) groups excluding carboxylic acids is 5. The maximum Gasteiger partial charge on any atom is 0.408 e. The second-order valence-corrected chi connectivity index (χ2v) is 14.9. The number of nitrogens with one attached hydrogen (secondary N) is 3. The average molecular weight is 689 g/mol. The number of fused-ring (bicyclic) bond motifs is 1. The maximum atomic E-state index is 14.1. The van der Waals surface area contributed by atoms with E-state index in [1.807, 2.05) is 37.3 Å². The molecule has 1 heterocycles. The van der Waals surface area contributed by atoms with Crippen LogP contribution in [0.25, 0.3) is 0 Å². The summed E-state index contributed by atoms with van der Waals surface area (Å²) in [6.45, 7) is 14.0. The zero-order valence-electron chi connectivity index (χ0n) is 30.1. The summed E-state index contributed by atoms with van der Waals surface area (Å²) >= 11 is 0. The molecule has 4 unspecified atom stereocenters. The number of nitrogens with zero attached hydrogens (tertiary/aromatic N) is 1. The minimum Gasteiger partial charge on any atom is -0.458 e. The predicted molar refractivity (Wildman–Crippen MR) is 182 cm³/mol. The summed E-state index contributed by atoms with van der Waals surface area (Å²) in [5.74, 6) is -3.61. The van der Waals surface area contributed by atoms with E-state index in [2.05, 4.69) is 16.0 Å². The molecule has 0 bridgehead atoms. The Morgan fingerprint density at radius 1 is 0.959 bits per heavy atom. The molecule has 49 heavy (non-hydrogen) atoms. The second kappa shape index (κ2) is 17.3. The SMILES string of the molecule is CCCC(NC(=O)C1[C@H]2CCC(O)[C@H]2CN1C(=O)[C@@H](NC(=O)OC(C)C)C(C)C)C(O)C(=O)N[C@@H](Cc1ccccc1)C(=O)OC(C)(C)C. The molecule has 1 aliphatic heterocycles. The molecule has 0 aromatic heterocycles. The van der Waals surface area contributed by atoms with Crippen LogP contribution >= 0.6 is 0 Å². The van der Waals surface area contributed by atoms with Crippen molar-refractivity contribution in [1.29, 1.82) is 0 Å². The highest BCUT2D eigenvalue weighted by Gasteiger charge is 2.54. The van der Waals surface area contributed by atoms with E-state index in [1.54, 1.807) is 48.5 Å². The summed E-state index contributed by atoms with van der Waals surface area (Å²) in [6, 6.07) is 4.95. The van der Waals surface area contributed by atoms with Crippen LogP contribution in [0.5, 0.6) is 0 Å². The van der Waals surface area contributed by atoms with Crippen LogP contribution in [0.1, 0.15) is 86.6 Å². The molecule has 5 N–H and O–H groups in total. The third-order valence-corrected chi connectivity index (χ3v) is 8.96. The Kier molecular flexibility index (Phi) is 14.0. The van der Waals surface area contributed by atoms with Gasteiger partial charge in [-0.2, -0.15) is 0 Å². The van der Waals surface area contributed by atoms with Crippen LogP contribution in [0.15, 0.2) is 30.3 Å². The summed E-state index contributed by atoms with van der Waals surface area (Å²) in [7, 11) is 0. The summed E-state index contributed by atoms with van der Waals surface area (Å²) in [6.07, 6.45) is -1.75. The number of likely N-dealkylation sites (tertiary alicyclic amines) is 1. The van der Waals surface area contributed by atoms with Crippen molar-refractivity contribution >= 4 is 29.8 Å². The van der Waals surface area contributed by atoms with Gasteiger partial charge in [0.1, 0.15) is 23.7 Å². The van der Waals surface area contributed by atoms with E-state index in [0.717, 1.165) is 5.56 Å². The predicted octanol–water partition coefficient (Wildman–Crippen LogP) is 2.46. The molecular formula is C36H56N4O9. The Balaban J connectivity index is 1.83. The molecule has 8 atom stereocenters. The van der Waals surface area contributed by atoms with Crippen molar-refractivity contribution < 1.29 is 43.7 Å². The molecule has 1 aromatic carbocycles. The van der Waals surface area contributed by atoms with E-state index in [1.165, 1.54) is 4.90 Å². The van der Waals surface area contributed by atoms with Crippen LogP contribution in [-0.4, -0.2) is 99.5 Å². The van der Waals surface area contributed by atoms with Gasteiger partial charge in [0.25, 0.3) is 5.91 Å². The van der Waals surface area contributed by atoms with Gasteiger partial charge < -0.3 is 40.5 Å². The molecule has 0 radical (unpaired) electrons. The summed E-state index contributed by atoms with van der Waals surface area (Å²) in [5.41, 5.74) is -0.0408. The van der Waals surface area contributed by atoms with Crippen molar-refractivity contribution in [1.82, 2.24) is 20.9 Å². The van der Waals surface area contributed by atoms with Gasteiger partial charge in [-0.25, -0.2) is 9.59 Å². The topological polar surface area (TPSA) is 184 Å². The molecule has 1 saturated carbocycles. The second-order valence-electron chi connectivity index (χ2n) is 14.9. The number of benzene rings is 1. The standard InChI is InChI=1S/C36H56N4O9/c1-9-13-25(30(42)32(44)38-26(34(46)49-36(6,7)8)18-22-14-11-10-12-15-22)37-31(43)29-23-16-17-27(41)24(23)19-40(29)33(45)28(20(2)3)39-35(47)48-21(4)5/h10-12,14-15,20-21,23-30,41-42H,9,13,16-19H2,1-8H3,(H,37,43)(H,38,44)(H,39,47)/t23-,24-,25?,26-,27?,28-,29?,30?/m0/s1. The fourth-order valence-electron chi connectivity index (χ4n) is 6.67. The highest BCUT2D eigenvalue weighted by atomic mass is 16.6. The van der Waals surface area contributed by atoms with Gasteiger partial charge in [-0.05, 0) is 71.3 Å². The van der Waals surface area contributed by atoms with Crippen LogP contribution in [0.3, 0.4) is 0 Å². The van der Waals surface area contributed by atoms with Crippen molar-refractivity contribution in [3.8, 4) is 0 Å². The number of amides is 4. The largest absolute Gasteiger partial charge is 0.458 e. The third kappa shape index (κ3) is 10.9. The Morgan fingerprint density at radius 3 is 2.18 bits per heavy atom. The molecule has 274 valence electrons. The maximum absolute atomic E-state index is 14.1. The zero-order chi connectivity index (χ0) is 36.6. The molecule has 0 spiro atoms. The quantitative estimate of drug-likeness (QED) is 0.183. The molecule has 1 saturated heterocycles. The van der Waals surface area contributed by atoms with E-state index in [-0.39, 0.29) is 37.1 Å². The number of alkyl carbamates (subject to hydrolysis) is 1. The normalized spacial score (nSPS) is 22.9. The van der Waals surface area contributed by atoms with Crippen molar-refractivity contribution in [2.45, 2.75) is 136 Å². The highest BCUT2D eigenvalue weighted by molar-refractivity contribution is 5.93. The Labute approximate surface area is 289 Å². The van der Waals surface area contributed by atoms with E-state index >= 15 is 0 Å². The molecular weight excluding hydrogens is 632 g/mol. The lowest BCUT2D eigenvalue weighted by molar-refractivity contribution is -0.159. The van der Waals surface area contributed by atoms with E-state index in [4.69, 9.17) is 9.47 Å². The number of ether oxygens (including phenoxy) is 2. The van der Waals surface area contributed by atoms with Gasteiger partial charge in [-0.15, -0.1) is 0 Å². The molecule has 1 aliphatic carbocycles. The number of esters is 1. The van der Waals surface area contributed by atoms with Crippen LogP contribution in [0, 0.1) is 17.8 Å². The van der Waals surface area contributed by atoms with Gasteiger partial charge in [0, 0.05) is 18.9 Å². The summed E-state index contributed by atoms with van der Waals surface area (Å²) in [4.78, 5) is 68.6. The highest BCUT2D eigenvalue weighted by Crippen LogP contribution is 2.43. The number of hydrogen-bond donors (Lipinski definition) is 5. The Bertz CT molecular complexity index is 1300. The molecule has 1 aromatic rings. The molecule has 2 fully saturated rings. The fraction of sp³-hybridized carbons (Fsp3) is 0.694. The number of hydrogen-bond acceptors (Lipinski definition) is 9. The number of rotatable bonds is 14. The van der Waals surface area contributed by atoms with Crippen LogP contribution < -0.4 is 16.0 Å². The van der Waals surface area contributed by atoms with E-state index in [9.17, 15) is 34.2 Å². The first kappa shape index (κ1) is 39.7. The first-order chi connectivity index (χ1) is 22.9. The first-order valence-electron chi connectivity index (χ1n) is 17.4. The van der Waals surface area contributed by atoms with Gasteiger partial charge in [-0.1, -0.05) is 57.5 Å². The number of aliphatic hydroxyl groups excluding tert-OH is 2. The molecule has 13 heteroatoms.